The first kappa shape index (κ1) is 12.4. The van der Waals surface area contributed by atoms with E-state index in [1.54, 1.807) is 6.07 Å². The smallest absolute Gasteiger partial charge is 0.338 e. The molecule has 0 radical (unpaired) electrons. The lowest BCUT2D eigenvalue weighted by Gasteiger charge is -2.07. The monoisotopic (exact) mass is 267 g/mol. The Balaban J connectivity index is 1.97. The highest BCUT2D eigenvalue weighted by Gasteiger charge is 2.21. The van der Waals surface area contributed by atoms with Gasteiger partial charge in [-0.05, 0) is 35.4 Å². The molecule has 0 atom stereocenters. The van der Waals surface area contributed by atoms with Crippen molar-refractivity contribution in [2.75, 3.05) is 5.32 Å². The molecule has 0 aliphatic carbocycles. The number of esters is 1. The SMILES string of the molecule is CC(=O)Nc1cccc(-c2ccc3c(c2)COC3=O)c1. The van der Waals surface area contributed by atoms with Gasteiger partial charge >= 0.3 is 5.97 Å². The second-order valence-corrected chi connectivity index (χ2v) is 4.71. The van der Waals surface area contributed by atoms with E-state index in [1.165, 1.54) is 6.92 Å². The Morgan fingerprint density at radius 3 is 2.75 bits per heavy atom. The molecular weight excluding hydrogens is 254 g/mol. The molecule has 0 fully saturated rings. The zero-order valence-electron chi connectivity index (χ0n) is 11.0. The van der Waals surface area contributed by atoms with Gasteiger partial charge in [0.15, 0.2) is 0 Å². The third-order valence-electron chi connectivity index (χ3n) is 3.20. The molecule has 1 heterocycles. The summed E-state index contributed by atoms with van der Waals surface area (Å²) in [7, 11) is 0. The minimum atomic E-state index is -0.265. The van der Waals surface area contributed by atoms with Crippen LogP contribution in [-0.4, -0.2) is 11.9 Å². The number of benzene rings is 2. The molecule has 0 saturated carbocycles. The molecule has 1 N–H and O–H groups in total. The molecule has 3 rings (SSSR count). The second kappa shape index (κ2) is 4.81. The first-order chi connectivity index (χ1) is 9.63. The van der Waals surface area contributed by atoms with Crippen molar-refractivity contribution >= 4 is 17.6 Å². The van der Waals surface area contributed by atoms with E-state index in [0.29, 0.717) is 12.2 Å². The summed E-state index contributed by atoms with van der Waals surface area (Å²) in [6, 6.07) is 13.2. The van der Waals surface area contributed by atoms with Crippen molar-refractivity contribution in [3.63, 3.8) is 0 Å². The average Bonchev–Trinajstić information content (AvgIpc) is 2.79. The number of hydrogen-bond donors (Lipinski definition) is 1. The number of ether oxygens (including phenoxy) is 1. The summed E-state index contributed by atoms with van der Waals surface area (Å²) < 4.78 is 4.99. The van der Waals surface area contributed by atoms with Crippen molar-refractivity contribution in [3.05, 3.63) is 53.6 Å². The summed E-state index contributed by atoms with van der Waals surface area (Å²) in [5.41, 5.74) is 4.26. The number of cyclic esters (lactones) is 1. The van der Waals surface area contributed by atoms with Crippen molar-refractivity contribution in [2.45, 2.75) is 13.5 Å². The zero-order chi connectivity index (χ0) is 14.1. The molecule has 1 aliphatic rings. The number of carbonyl (C=O) groups is 2. The van der Waals surface area contributed by atoms with Gasteiger partial charge in [-0.2, -0.15) is 0 Å². The summed E-state index contributed by atoms with van der Waals surface area (Å²) in [6.45, 7) is 1.80. The Morgan fingerprint density at radius 2 is 1.95 bits per heavy atom. The van der Waals surface area contributed by atoms with Crippen molar-refractivity contribution in [2.24, 2.45) is 0 Å². The Kier molecular flexibility index (Phi) is 2.99. The van der Waals surface area contributed by atoms with Crippen LogP contribution in [-0.2, 0) is 16.1 Å². The van der Waals surface area contributed by atoms with Gasteiger partial charge in [0, 0.05) is 18.2 Å². The van der Waals surface area contributed by atoms with Gasteiger partial charge in [-0.15, -0.1) is 0 Å². The van der Waals surface area contributed by atoms with Crippen molar-refractivity contribution in [1.29, 1.82) is 0 Å². The largest absolute Gasteiger partial charge is 0.457 e. The molecule has 0 aromatic heterocycles. The van der Waals surface area contributed by atoms with Gasteiger partial charge in [-0.1, -0.05) is 18.2 Å². The lowest BCUT2D eigenvalue weighted by atomic mass is 10.00. The number of anilines is 1. The minimum absolute atomic E-state index is 0.102. The maximum Gasteiger partial charge on any atom is 0.338 e. The molecule has 0 saturated heterocycles. The van der Waals surface area contributed by atoms with E-state index in [9.17, 15) is 9.59 Å². The topological polar surface area (TPSA) is 55.4 Å². The molecule has 2 aromatic rings. The quantitative estimate of drug-likeness (QED) is 0.851. The Hall–Kier alpha value is -2.62. The molecule has 0 unspecified atom stereocenters. The van der Waals surface area contributed by atoms with E-state index in [4.69, 9.17) is 4.74 Å². The van der Waals surface area contributed by atoms with E-state index >= 15 is 0 Å². The standard InChI is InChI=1S/C16H13NO3/c1-10(18)17-14-4-2-3-11(8-14)12-5-6-15-13(7-12)9-20-16(15)19/h2-8H,9H2,1H3,(H,17,18). The molecule has 1 aliphatic heterocycles. The number of amides is 1. The summed E-state index contributed by atoms with van der Waals surface area (Å²) in [6.07, 6.45) is 0. The van der Waals surface area contributed by atoms with Crippen LogP contribution in [0, 0.1) is 0 Å². The Bertz CT molecular complexity index is 707. The first-order valence-electron chi connectivity index (χ1n) is 6.31. The van der Waals surface area contributed by atoms with E-state index < -0.39 is 0 Å². The van der Waals surface area contributed by atoms with Crippen LogP contribution in [0.5, 0.6) is 0 Å². The third kappa shape index (κ3) is 2.28. The van der Waals surface area contributed by atoms with Gasteiger partial charge in [0.25, 0.3) is 0 Å². The highest BCUT2D eigenvalue weighted by Crippen LogP contribution is 2.28. The fourth-order valence-corrected chi connectivity index (χ4v) is 2.29. The predicted octanol–water partition coefficient (Wildman–Crippen LogP) is 2.98. The molecule has 1 amide bonds. The van der Waals surface area contributed by atoms with Crippen molar-refractivity contribution < 1.29 is 14.3 Å². The molecule has 100 valence electrons. The number of nitrogens with one attached hydrogen (secondary N) is 1. The summed E-state index contributed by atoms with van der Waals surface area (Å²) >= 11 is 0. The normalized spacial score (nSPS) is 12.8. The summed E-state index contributed by atoms with van der Waals surface area (Å²) in [5, 5.41) is 2.76. The highest BCUT2D eigenvalue weighted by atomic mass is 16.5. The molecule has 0 spiro atoms. The van der Waals surface area contributed by atoms with Crippen LogP contribution >= 0.6 is 0 Å². The number of fused-ring (bicyclic) bond motifs is 1. The van der Waals surface area contributed by atoms with Crippen LogP contribution < -0.4 is 5.32 Å². The maximum atomic E-state index is 11.4. The lowest BCUT2D eigenvalue weighted by molar-refractivity contribution is -0.114. The fraction of sp³-hybridized carbons (Fsp3) is 0.125. The van der Waals surface area contributed by atoms with E-state index in [-0.39, 0.29) is 11.9 Å². The minimum Gasteiger partial charge on any atom is -0.457 e. The average molecular weight is 267 g/mol. The molecule has 20 heavy (non-hydrogen) atoms. The van der Waals surface area contributed by atoms with Crippen LogP contribution in [0.25, 0.3) is 11.1 Å². The molecule has 2 aromatic carbocycles. The van der Waals surface area contributed by atoms with Crippen LogP contribution in [0.2, 0.25) is 0 Å². The number of hydrogen-bond acceptors (Lipinski definition) is 3. The highest BCUT2D eigenvalue weighted by molar-refractivity contribution is 5.94. The van der Waals surface area contributed by atoms with Gasteiger partial charge in [-0.3, -0.25) is 4.79 Å². The maximum absolute atomic E-state index is 11.4. The van der Waals surface area contributed by atoms with Gasteiger partial charge in [0.2, 0.25) is 5.91 Å². The van der Waals surface area contributed by atoms with Gasteiger partial charge in [-0.25, -0.2) is 4.79 Å². The van der Waals surface area contributed by atoms with Crippen LogP contribution in [0.15, 0.2) is 42.5 Å². The zero-order valence-corrected chi connectivity index (χ0v) is 11.0. The molecular formula is C16H13NO3. The van der Waals surface area contributed by atoms with Gasteiger partial charge < -0.3 is 10.1 Å². The van der Waals surface area contributed by atoms with Gasteiger partial charge in [0.05, 0.1) is 5.56 Å². The molecule has 4 nitrogen and oxygen atoms in total. The van der Waals surface area contributed by atoms with E-state index in [1.807, 2.05) is 36.4 Å². The fourth-order valence-electron chi connectivity index (χ4n) is 2.29. The number of carbonyl (C=O) groups excluding carboxylic acids is 2. The van der Waals surface area contributed by atoms with Crippen LogP contribution in [0.3, 0.4) is 0 Å². The van der Waals surface area contributed by atoms with Gasteiger partial charge in [0.1, 0.15) is 6.61 Å². The Morgan fingerprint density at radius 1 is 1.15 bits per heavy atom. The summed E-state index contributed by atoms with van der Waals surface area (Å²) in [4.78, 5) is 22.5. The summed E-state index contributed by atoms with van der Waals surface area (Å²) in [5.74, 6) is -0.367. The van der Waals surface area contributed by atoms with Crippen molar-refractivity contribution in [3.8, 4) is 11.1 Å². The second-order valence-electron chi connectivity index (χ2n) is 4.71. The predicted molar refractivity (Wildman–Crippen MR) is 75.3 cm³/mol. The lowest BCUT2D eigenvalue weighted by Crippen LogP contribution is -2.05. The number of rotatable bonds is 2. The first-order valence-corrected chi connectivity index (χ1v) is 6.31. The Labute approximate surface area is 116 Å². The van der Waals surface area contributed by atoms with Crippen molar-refractivity contribution in [1.82, 2.24) is 0 Å². The van der Waals surface area contributed by atoms with E-state index in [2.05, 4.69) is 5.32 Å². The third-order valence-corrected chi connectivity index (χ3v) is 3.20. The van der Waals surface area contributed by atoms with Crippen LogP contribution in [0.4, 0.5) is 5.69 Å². The van der Waals surface area contributed by atoms with Crippen LogP contribution in [0.1, 0.15) is 22.8 Å². The molecule has 4 heteroatoms. The molecule has 0 bridgehead atoms. The van der Waals surface area contributed by atoms with E-state index in [0.717, 1.165) is 22.4 Å².